The normalized spacial score (nSPS) is 10.8. The molecule has 9 nitrogen and oxygen atoms in total. The molecule has 0 radical (unpaired) electrons. The number of benzene rings is 1. The fraction of sp³-hybridized carbons (Fsp3) is 0.214. The zero-order valence-corrected chi connectivity index (χ0v) is 13.9. The standard InChI is InChI=1S/C14H13FN6O3S/c1-9-17-12(21(22)23)6-19(9)7-13-18-20(14(25)24-13)8-16-11-4-2-10(15)3-5-11/h2-6,16H,7-8H2,1H3. The molecule has 0 amide bonds. The van der Waals surface area contributed by atoms with E-state index >= 15 is 0 Å². The Hall–Kier alpha value is -3.08. The molecule has 0 aliphatic heterocycles. The number of imidazole rings is 1. The molecule has 0 saturated heterocycles. The van der Waals surface area contributed by atoms with E-state index in [1.807, 2.05) is 0 Å². The monoisotopic (exact) mass is 364 g/mol. The molecule has 2 heterocycles. The van der Waals surface area contributed by atoms with Crippen molar-refractivity contribution in [3.63, 3.8) is 0 Å². The van der Waals surface area contributed by atoms with Gasteiger partial charge in [-0.2, -0.15) is 0 Å². The summed E-state index contributed by atoms with van der Waals surface area (Å²) in [5, 5.41) is 18.0. The second-order valence-electron chi connectivity index (χ2n) is 5.13. The summed E-state index contributed by atoms with van der Waals surface area (Å²) < 4.78 is 21.3. The van der Waals surface area contributed by atoms with E-state index in [0.717, 1.165) is 0 Å². The minimum absolute atomic E-state index is 0.150. The van der Waals surface area contributed by atoms with Crippen LogP contribution in [0.1, 0.15) is 11.7 Å². The van der Waals surface area contributed by atoms with Crippen molar-refractivity contribution in [1.29, 1.82) is 0 Å². The van der Waals surface area contributed by atoms with Gasteiger partial charge in [0.2, 0.25) is 11.7 Å². The molecule has 11 heteroatoms. The summed E-state index contributed by atoms with van der Waals surface area (Å²) in [6, 6.07) is 5.86. The lowest BCUT2D eigenvalue weighted by Gasteiger charge is -2.05. The van der Waals surface area contributed by atoms with E-state index in [2.05, 4.69) is 15.4 Å². The second-order valence-corrected chi connectivity index (χ2v) is 5.48. The van der Waals surface area contributed by atoms with Crippen LogP contribution in [0.3, 0.4) is 0 Å². The predicted octanol–water partition coefficient (Wildman–Crippen LogP) is 2.88. The second kappa shape index (κ2) is 6.81. The lowest BCUT2D eigenvalue weighted by molar-refractivity contribution is -0.389. The summed E-state index contributed by atoms with van der Waals surface area (Å²) in [4.78, 5) is 14.2. The summed E-state index contributed by atoms with van der Waals surface area (Å²) in [5.74, 6) is 0.192. The van der Waals surface area contributed by atoms with Crippen LogP contribution in [-0.2, 0) is 13.2 Å². The van der Waals surface area contributed by atoms with E-state index in [-0.39, 0.29) is 29.7 Å². The predicted molar refractivity (Wildman–Crippen MR) is 88.1 cm³/mol. The quantitative estimate of drug-likeness (QED) is 0.407. The van der Waals surface area contributed by atoms with Crippen molar-refractivity contribution in [3.8, 4) is 0 Å². The molecule has 1 N–H and O–H groups in total. The maximum absolute atomic E-state index is 12.9. The SMILES string of the molecule is Cc1nc([N+](=O)[O-])cn1Cc1nn(CNc2ccc(F)cc2)c(=S)o1. The number of anilines is 1. The van der Waals surface area contributed by atoms with E-state index in [1.165, 1.54) is 23.0 Å². The minimum Gasteiger partial charge on any atom is -0.412 e. The Labute approximate surface area is 145 Å². The fourth-order valence-electron chi connectivity index (χ4n) is 2.13. The first-order valence-corrected chi connectivity index (χ1v) is 7.57. The van der Waals surface area contributed by atoms with E-state index in [4.69, 9.17) is 16.6 Å². The third-order valence-electron chi connectivity index (χ3n) is 3.38. The van der Waals surface area contributed by atoms with E-state index in [0.29, 0.717) is 17.4 Å². The number of hydrogen-bond acceptors (Lipinski definition) is 7. The van der Waals surface area contributed by atoms with Gasteiger partial charge in [0, 0.05) is 12.6 Å². The Morgan fingerprint density at radius 3 is 2.76 bits per heavy atom. The Morgan fingerprint density at radius 1 is 1.40 bits per heavy atom. The average Bonchev–Trinajstić information content (AvgIpc) is 3.10. The molecule has 2 aromatic heterocycles. The van der Waals surface area contributed by atoms with Crippen molar-refractivity contribution < 1.29 is 13.7 Å². The molecule has 0 bridgehead atoms. The van der Waals surface area contributed by atoms with Gasteiger partial charge in [-0.15, -0.1) is 5.10 Å². The van der Waals surface area contributed by atoms with Gasteiger partial charge >= 0.3 is 5.82 Å². The highest BCUT2D eigenvalue weighted by Crippen LogP contribution is 2.13. The number of halogens is 1. The van der Waals surface area contributed by atoms with Crippen molar-refractivity contribution in [2.24, 2.45) is 0 Å². The van der Waals surface area contributed by atoms with Gasteiger partial charge in [-0.25, -0.2) is 9.07 Å². The number of nitro groups is 1. The highest BCUT2D eigenvalue weighted by atomic mass is 32.1. The van der Waals surface area contributed by atoms with Gasteiger partial charge in [0.1, 0.15) is 25.2 Å². The average molecular weight is 364 g/mol. The first-order chi connectivity index (χ1) is 11.9. The summed E-state index contributed by atoms with van der Waals surface area (Å²) in [7, 11) is 0. The summed E-state index contributed by atoms with van der Waals surface area (Å²) in [5.41, 5.74) is 0.703. The van der Waals surface area contributed by atoms with Crippen LogP contribution in [-0.4, -0.2) is 24.3 Å². The molecule has 0 aliphatic carbocycles. The van der Waals surface area contributed by atoms with Crippen LogP contribution in [0.15, 0.2) is 34.9 Å². The zero-order valence-electron chi connectivity index (χ0n) is 13.0. The number of hydrogen-bond donors (Lipinski definition) is 1. The summed E-state index contributed by atoms with van der Waals surface area (Å²) in [6.07, 6.45) is 1.31. The van der Waals surface area contributed by atoms with E-state index in [1.54, 1.807) is 23.6 Å². The van der Waals surface area contributed by atoms with Crippen LogP contribution < -0.4 is 5.32 Å². The molecule has 3 aromatic rings. The molecule has 3 rings (SSSR count). The van der Waals surface area contributed by atoms with Crippen LogP contribution in [0.4, 0.5) is 15.9 Å². The van der Waals surface area contributed by atoms with Crippen LogP contribution >= 0.6 is 12.2 Å². The summed E-state index contributed by atoms with van der Waals surface area (Å²) >= 11 is 5.11. The van der Waals surface area contributed by atoms with Crippen LogP contribution in [0, 0.1) is 27.7 Å². The number of rotatable bonds is 6. The van der Waals surface area contributed by atoms with Gasteiger partial charge in [0.15, 0.2) is 0 Å². The molecular weight excluding hydrogens is 351 g/mol. The van der Waals surface area contributed by atoms with Crippen LogP contribution in [0.25, 0.3) is 0 Å². The largest absolute Gasteiger partial charge is 0.412 e. The molecule has 0 aliphatic rings. The fourth-order valence-corrected chi connectivity index (χ4v) is 2.33. The first kappa shape index (κ1) is 16.8. The molecule has 25 heavy (non-hydrogen) atoms. The van der Waals surface area contributed by atoms with E-state index < -0.39 is 4.92 Å². The molecular formula is C14H13FN6O3S. The van der Waals surface area contributed by atoms with Gasteiger partial charge in [-0.3, -0.25) is 4.57 Å². The van der Waals surface area contributed by atoms with E-state index in [9.17, 15) is 14.5 Å². The highest BCUT2D eigenvalue weighted by molar-refractivity contribution is 7.71. The smallest absolute Gasteiger partial charge is 0.381 e. The summed E-state index contributed by atoms with van der Waals surface area (Å²) in [6.45, 7) is 2.05. The molecule has 1 aromatic carbocycles. The van der Waals surface area contributed by atoms with Gasteiger partial charge in [-0.1, -0.05) is 0 Å². The molecule has 0 spiro atoms. The van der Waals surface area contributed by atoms with Crippen molar-refractivity contribution >= 4 is 23.7 Å². The van der Waals surface area contributed by atoms with Crippen molar-refractivity contribution in [2.45, 2.75) is 20.1 Å². The topological polar surface area (TPSA) is 104 Å². The van der Waals surface area contributed by atoms with Crippen LogP contribution in [0.5, 0.6) is 0 Å². The molecule has 0 atom stereocenters. The van der Waals surface area contributed by atoms with Crippen molar-refractivity contribution in [1.82, 2.24) is 19.3 Å². The third-order valence-corrected chi connectivity index (χ3v) is 3.68. The van der Waals surface area contributed by atoms with Gasteiger partial charge in [-0.05, 0) is 46.4 Å². The number of aromatic nitrogens is 4. The Balaban J connectivity index is 1.71. The van der Waals surface area contributed by atoms with Gasteiger partial charge < -0.3 is 19.8 Å². The van der Waals surface area contributed by atoms with Crippen LogP contribution in [0.2, 0.25) is 0 Å². The Morgan fingerprint density at radius 2 is 2.12 bits per heavy atom. The number of aryl methyl sites for hydroxylation is 1. The van der Waals surface area contributed by atoms with Gasteiger partial charge in [0.25, 0.3) is 4.84 Å². The Bertz CT molecular complexity index is 962. The third kappa shape index (κ3) is 3.88. The molecule has 0 fully saturated rings. The number of nitrogens with one attached hydrogen (secondary N) is 1. The number of nitrogens with zero attached hydrogens (tertiary/aromatic N) is 5. The van der Waals surface area contributed by atoms with Gasteiger partial charge in [0.05, 0.1) is 0 Å². The maximum atomic E-state index is 12.9. The maximum Gasteiger partial charge on any atom is 0.381 e. The lowest BCUT2D eigenvalue weighted by atomic mass is 10.3. The molecule has 130 valence electrons. The van der Waals surface area contributed by atoms with Crippen molar-refractivity contribution in [3.05, 3.63) is 62.9 Å². The lowest BCUT2D eigenvalue weighted by Crippen LogP contribution is -2.10. The van der Waals surface area contributed by atoms with Crippen molar-refractivity contribution in [2.75, 3.05) is 5.32 Å². The highest BCUT2D eigenvalue weighted by Gasteiger charge is 2.17. The zero-order chi connectivity index (χ0) is 18.0. The first-order valence-electron chi connectivity index (χ1n) is 7.17. The molecule has 0 saturated carbocycles. The molecule has 0 unspecified atom stereocenters. The minimum atomic E-state index is -0.565. The Kier molecular flexibility index (Phi) is 4.57.